The van der Waals surface area contributed by atoms with E-state index in [2.05, 4.69) is 25.5 Å². The predicted octanol–water partition coefficient (Wildman–Crippen LogP) is 2.08. The fourth-order valence-electron chi connectivity index (χ4n) is 3.72. The van der Waals surface area contributed by atoms with Crippen LogP contribution in [0.2, 0.25) is 0 Å². The molecular weight excluding hydrogens is 349 g/mol. The van der Waals surface area contributed by atoms with Gasteiger partial charge in [0, 0.05) is 30.3 Å². The smallest absolute Gasteiger partial charge is 0.351 e. The lowest BCUT2D eigenvalue weighted by molar-refractivity contribution is -0.142. The molecule has 0 aromatic carbocycles. The summed E-state index contributed by atoms with van der Waals surface area (Å²) in [6, 6.07) is -0.112. The van der Waals surface area contributed by atoms with Crippen LogP contribution in [0, 0.1) is 0 Å². The van der Waals surface area contributed by atoms with Crippen LogP contribution in [0.25, 0.3) is 0 Å². The Balaban J connectivity index is 1.58. The topological polar surface area (TPSA) is 88.5 Å². The molecule has 0 bridgehead atoms. The van der Waals surface area contributed by atoms with E-state index in [4.69, 9.17) is 0 Å². The zero-order chi connectivity index (χ0) is 18.3. The molecule has 2 aromatic heterocycles. The average molecular weight is 368 g/mol. The first-order chi connectivity index (χ1) is 12.4. The van der Waals surface area contributed by atoms with Crippen molar-refractivity contribution in [2.45, 2.75) is 63.7 Å². The fourth-order valence-corrected chi connectivity index (χ4v) is 3.72. The summed E-state index contributed by atoms with van der Waals surface area (Å²) < 4.78 is 41.8. The molecule has 1 atom stereocenters. The number of fused-ring (bicyclic) bond motifs is 2. The Bertz CT molecular complexity index is 872. The number of nitrogens with one attached hydrogen (secondary N) is 2. The summed E-state index contributed by atoms with van der Waals surface area (Å²) in [4.78, 5) is 19.8. The number of rotatable bonds is 2. The predicted molar refractivity (Wildman–Crippen MR) is 86.9 cm³/mol. The third-order valence-electron chi connectivity index (χ3n) is 5.04. The molecule has 0 fully saturated rings. The maximum absolute atomic E-state index is 13.4. The Kier molecular flexibility index (Phi) is 4.20. The number of aromatic amines is 1. The van der Waals surface area contributed by atoms with Gasteiger partial charge in [-0.25, -0.2) is 19.9 Å². The number of aryl methyl sites for hydroxylation is 2. The SMILES string of the molecule is O=c1[nH]nc2n1CCC(Nc1nc3c(c(C(F)(F)F)n1)CCCC3)CC2. The van der Waals surface area contributed by atoms with Crippen LogP contribution in [-0.4, -0.2) is 30.8 Å². The summed E-state index contributed by atoms with van der Waals surface area (Å²) in [7, 11) is 0. The molecule has 0 saturated carbocycles. The minimum atomic E-state index is -4.49. The van der Waals surface area contributed by atoms with Crippen molar-refractivity contribution in [3.63, 3.8) is 0 Å². The van der Waals surface area contributed by atoms with Gasteiger partial charge in [-0.3, -0.25) is 4.57 Å². The zero-order valence-electron chi connectivity index (χ0n) is 14.1. The van der Waals surface area contributed by atoms with Crippen molar-refractivity contribution in [3.05, 3.63) is 33.3 Å². The number of anilines is 1. The third-order valence-corrected chi connectivity index (χ3v) is 5.04. The van der Waals surface area contributed by atoms with E-state index in [1.807, 2.05) is 0 Å². The van der Waals surface area contributed by atoms with Crippen LogP contribution in [0.3, 0.4) is 0 Å². The van der Waals surface area contributed by atoms with Crippen molar-refractivity contribution in [1.82, 2.24) is 24.7 Å². The van der Waals surface area contributed by atoms with Gasteiger partial charge in [0.15, 0.2) is 5.69 Å². The monoisotopic (exact) mass is 368 g/mol. The molecule has 1 unspecified atom stereocenters. The summed E-state index contributed by atoms with van der Waals surface area (Å²) in [5.74, 6) is 0.693. The van der Waals surface area contributed by atoms with E-state index >= 15 is 0 Å². The van der Waals surface area contributed by atoms with Crippen molar-refractivity contribution in [2.24, 2.45) is 0 Å². The van der Waals surface area contributed by atoms with Crippen molar-refractivity contribution >= 4 is 5.95 Å². The van der Waals surface area contributed by atoms with Gasteiger partial charge in [0.05, 0.1) is 0 Å². The van der Waals surface area contributed by atoms with Crippen LogP contribution in [-0.2, 0) is 32.0 Å². The number of aromatic nitrogens is 5. The van der Waals surface area contributed by atoms with Gasteiger partial charge in [-0.2, -0.15) is 18.3 Å². The van der Waals surface area contributed by atoms with Crippen LogP contribution < -0.4 is 11.0 Å². The molecule has 0 amide bonds. The number of nitrogens with zero attached hydrogens (tertiary/aromatic N) is 4. The first-order valence-corrected chi connectivity index (χ1v) is 8.79. The molecule has 140 valence electrons. The second kappa shape index (κ2) is 6.40. The average Bonchev–Trinajstić information content (AvgIpc) is 2.83. The second-order valence-corrected chi connectivity index (χ2v) is 6.79. The summed E-state index contributed by atoms with van der Waals surface area (Å²) in [6.45, 7) is 0.458. The highest BCUT2D eigenvalue weighted by Gasteiger charge is 2.38. The van der Waals surface area contributed by atoms with E-state index in [0.717, 1.165) is 12.8 Å². The highest BCUT2D eigenvalue weighted by molar-refractivity contribution is 5.38. The maximum atomic E-state index is 13.4. The zero-order valence-corrected chi connectivity index (χ0v) is 14.1. The van der Waals surface area contributed by atoms with Crippen LogP contribution in [0.1, 0.15) is 48.5 Å². The van der Waals surface area contributed by atoms with Gasteiger partial charge < -0.3 is 5.32 Å². The molecule has 2 N–H and O–H groups in total. The fraction of sp³-hybridized carbons (Fsp3) is 0.625. The molecule has 1 aliphatic carbocycles. The summed E-state index contributed by atoms with van der Waals surface area (Å²) in [5, 5.41) is 9.45. The van der Waals surface area contributed by atoms with Gasteiger partial charge >= 0.3 is 11.9 Å². The Hall–Kier alpha value is -2.39. The second-order valence-electron chi connectivity index (χ2n) is 6.79. The van der Waals surface area contributed by atoms with Crippen molar-refractivity contribution in [2.75, 3.05) is 5.32 Å². The minimum absolute atomic E-state index is 0.0245. The minimum Gasteiger partial charge on any atom is -0.351 e. The summed E-state index contributed by atoms with van der Waals surface area (Å²) in [5.41, 5.74) is -0.339. The quantitative estimate of drug-likeness (QED) is 0.847. The summed E-state index contributed by atoms with van der Waals surface area (Å²) >= 11 is 0. The molecule has 26 heavy (non-hydrogen) atoms. The number of alkyl halides is 3. The highest BCUT2D eigenvalue weighted by atomic mass is 19.4. The number of halogens is 3. The standard InChI is InChI=1S/C16H19F3N6O/c17-16(18,19)13-10-3-1-2-4-11(10)21-14(22-13)20-9-5-6-12-23-24-15(26)25(12)8-7-9/h9H,1-8H2,(H,24,26)(H,20,21,22). The molecule has 2 aromatic rings. The first-order valence-electron chi connectivity index (χ1n) is 8.79. The van der Waals surface area contributed by atoms with E-state index < -0.39 is 11.9 Å². The van der Waals surface area contributed by atoms with Gasteiger partial charge in [-0.1, -0.05) is 0 Å². The molecule has 0 saturated heterocycles. The lowest BCUT2D eigenvalue weighted by atomic mass is 9.94. The van der Waals surface area contributed by atoms with Gasteiger partial charge in [0.2, 0.25) is 5.95 Å². The maximum Gasteiger partial charge on any atom is 0.433 e. The molecule has 4 rings (SSSR count). The molecule has 10 heteroatoms. The number of hydrogen-bond acceptors (Lipinski definition) is 5. The van der Waals surface area contributed by atoms with Gasteiger partial charge in [-0.15, -0.1) is 0 Å². The van der Waals surface area contributed by atoms with E-state index in [-0.39, 0.29) is 23.2 Å². The normalized spacial score (nSPS) is 20.2. The lowest BCUT2D eigenvalue weighted by Crippen LogP contribution is -2.26. The molecule has 7 nitrogen and oxygen atoms in total. The van der Waals surface area contributed by atoms with Crippen molar-refractivity contribution in [1.29, 1.82) is 0 Å². The van der Waals surface area contributed by atoms with Crippen LogP contribution in [0.5, 0.6) is 0 Å². The molecule has 0 radical (unpaired) electrons. The Morgan fingerprint density at radius 2 is 1.92 bits per heavy atom. The molecule has 1 aliphatic heterocycles. The van der Waals surface area contributed by atoms with E-state index in [1.165, 1.54) is 0 Å². The molecule has 3 heterocycles. The molecule has 2 aliphatic rings. The van der Waals surface area contributed by atoms with Crippen molar-refractivity contribution in [3.8, 4) is 0 Å². The van der Waals surface area contributed by atoms with Gasteiger partial charge in [0.25, 0.3) is 0 Å². The number of H-pyrrole nitrogens is 1. The Morgan fingerprint density at radius 3 is 2.73 bits per heavy atom. The van der Waals surface area contributed by atoms with E-state index in [9.17, 15) is 18.0 Å². The Labute approximate surface area is 147 Å². The van der Waals surface area contributed by atoms with Crippen LogP contribution >= 0.6 is 0 Å². The number of hydrogen-bond donors (Lipinski definition) is 2. The van der Waals surface area contributed by atoms with Crippen molar-refractivity contribution < 1.29 is 13.2 Å². The van der Waals surface area contributed by atoms with Gasteiger partial charge in [0.1, 0.15) is 5.82 Å². The summed E-state index contributed by atoms with van der Waals surface area (Å²) in [6.07, 6.45) is -0.195. The highest BCUT2D eigenvalue weighted by Crippen LogP contribution is 2.35. The lowest BCUT2D eigenvalue weighted by Gasteiger charge is -2.22. The molecular formula is C16H19F3N6O. The van der Waals surface area contributed by atoms with Gasteiger partial charge in [-0.05, 0) is 38.5 Å². The first kappa shape index (κ1) is 17.0. The largest absolute Gasteiger partial charge is 0.433 e. The van der Waals surface area contributed by atoms with Crippen LogP contribution in [0.15, 0.2) is 4.79 Å². The third kappa shape index (κ3) is 3.19. The Morgan fingerprint density at radius 1 is 1.12 bits per heavy atom. The van der Waals surface area contributed by atoms with E-state index in [1.54, 1.807) is 4.57 Å². The van der Waals surface area contributed by atoms with Crippen LogP contribution in [0.4, 0.5) is 19.1 Å². The van der Waals surface area contributed by atoms with E-state index in [0.29, 0.717) is 50.2 Å². The molecule has 0 spiro atoms.